The normalized spacial score (nSPS) is 10.5. The van der Waals surface area contributed by atoms with Gasteiger partial charge < -0.3 is 4.74 Å². The monoisotopic (exact) mass is 244 g/mol. The van der Waals surface area contributed by atoms with Gasteiger partial charge in [0.2, 0.25) is 0 Å². The minimum absolute atomic E-state index is 0.602. The van der Waals surface area contributed by atoms with E-state index in [4.69, 9.17) is 4.74 Å². The van der Waals surface area contributed by atoms with Crippen molar-refractivity contribution in [3.63, 3.8) is 0 Å². The van der Waals surface area contributed by atoms with Crippen LogP contribution in [0.5, 0.6) is 0 Å². The van der Waals surface area contributed by atoms with Crippen molar-refractivity contribution in [2.75, 3.05) is 13.7 Å². The maximum atomic E-state index is 10.6. The van der Waals surface area contributed by atoms with Crippen molar-refractivity contribution >= 4 is 6.29 Å². The molecule has 0 aliphatic carbocycles. The highest BCUT2D eigenvalue weighted by atomic mass is 16.5. The Morgan fingerprint density at radius 1 is 1.39 bits per heavy atom. The molecule has 2 aromatic rings. The van der Waals surface area contributed by atoms with Gasteiger partial charge in [-0.05, 0) is 17.5 Å². The van der Waals surface area contributed by atoms with Crippen LogP contribution in [0.1, 0.15) is 21.5 Å². The fourth-order valence-electron chi connectivity index (χ4n) is 1.82. The first-order chi connectivity index (χ1) is 8.81. The largest absolute Gasteiger partial charge is 0.384 e. The Balaban J connectivity index is 2.06. The van der Waals surface area contributed by atoms with Crippen LogP contribution >= 0.6 is 0 Å². The molecule has 0 N–H and O–H groups in total. The molecule has 0 saturated carbocycles. The molecule has 18 heavy (non-hydrogen) atoms. The molecule has 0 spiro atoms. The van der Waals surface area contributed by atoms with Crippen LogP contribution in [-0.2, 0) is 17.7 Å². The Labute approximate surface area is 106 Å². The minimum atomic E-state index is 0.602. The molecule has 1 heterocycles. The third-order valence-electron chi connectivity index (χ3n) is 2.72. The van der Waals surface area contributed by atoms with Gasteiger partial charge in [0, 0.05) is 13.3 Å². The second-order valence-electron chi connectivity index (χ2n) is 4.15. The standard InChI is InChI=1S/C14H16N2O2/c1-18-6-5-12-3-2-4-13(7-12)9-16-10-14(11-17)8-15-16/h2-4,7-8,10-11H,5-6,9H2,1H3. The number of hydrogen-bond acceptors (Lipinski definition) is 3. The molecular formula is C14H16N2O2. The van der Waals surface area contributed by atoms with Crippen molar-refractivity contribution in [1.29, 1.82) is 0 Å². The third-order valence-corrected chi connectivity index (χ3v) is 2.72. The van der Waals surface area contributed by atoms with Crippen LogP contribution in [0, 0.1) is 0 Å². The Kier molecular flexibility index (Phi) is 4.25. The summed E-state index contributed by atoms with van der Waals surface area (Å²) in [6, 6.07) is 8.31. The van der Waals surface area contributed by atoms with Gasteiger partial charge in [0.15, 0.2) is 6.29 Å². The molecule has 0 fully saturated rings. The first-order valence-electron chi connectivity index (χ1n) is 5.86. The van der Waals surface area contributed by atoms with E-state index in [9.17, 15) is 4.79 Å². The van der Waals surface area contributed by atoms with Gasteiger partial charge in [-0.15, -0.1) is 0 Å². The van der Waals surface area contributed by atoms with Gasteiger partial charge in [-0.25, -0.2) is 0 Å². The number of ether oxygens (including phenoxy) is 1. The molecule has 1 aromatic heterocycles. The number of aldehydes is 1. The Hall–Kier alpha value is -1.94. The molecule has 0 aliphatic heterocycles. The summed E-state index contributed by atoms with van der Waals surface area (Å²) >= 11 is 0. The van der Waals surface area contributed by atoms with Crippen LogP contribution in [0.4, 0.5) is 0 Å². The first kappa shape index (κ1) is 12.5. The second-order valence-corrected chi connectivity index (χ2v) is 4.15. The zero-order valence-corrected chi connectivity index (χ0v) is 10.4. The smallest absolute Gasteiger partial charge is 0.153 e. The zero-order valence-electron chi connectivity index (χ0n) is 10.4. The summed E-state index contributed by atoms with van der Waals surface area (Å²) in [4.78, 5) is 10.6. The van der Waals surface area contributed by atoms with Crippen LogP contribution < -0.4 is 0 Å². The van der Waals surface area contributed by atoms with Gasteiger partial charge in [0.05, 0.1) is 24.9 Å². The van der Waals surface area contributed by atoms with Gasteiger partial charge in [0.25, 0.3) is 0 Å². The summed E-state index contributed by atoms with van der Waals surface area (Å²) < 4.78 is 6.83. The molecule has 0 aliphatic rings. The molecule has 94 valence electrons. The van der Waals surface area contributed by atoms with Crippen molar-refractivity contribution in [2.45, 2.75) is 13.0 Å². The van der Waals surface area contributed by atoms with E-state index in [1.54, 1.807) is 24.2 Å². The fraction of sp³-hybridized carbons (Fsp3) is 0.286. The second kappa shape index (κ2) is 6.12. The number of carbonyl (C=O) groups excluding carboxylic acids is 1. The number of rotatable bonds is 6. The van der Waals surface area contributed by atoms with Crippen LogP contribution in [0.2, 0.25) is 0 Å². The minimum Gasteiger partial charge on any atom is -0.384 e. The lowest BCUT2D eigenvalue weighted by molar-refractivity contribution is 0.112. The summed E-state index contributed by atoms with van der Waals surface area (Å²) in [5.41, 5.74) is 3.02. The lowest BCUT2D eigenvalue weighted by Gasteiger charge is -2.05. The van der Waals surface area contributed by atoms with Crippen molar-refractivity contribution in [2.24, 2.45) is 0 Å². The number of carbonyl (C=O) groups is 1. The lowest BCUT2D eigenvalue weighted by Crippen LogP contribution is -2.01. The summed E-state index contributed by atoms with van der Waals surface area (Å²) in [7, 11) is 1.70. The highest BCUT2D eigenvalue weighted by Crippen LogP contribution is 2.08. The highest BCUT2D eigenvalue weighted by molar-refractivity contribution is 5.73. The van der Waals surface area contributed by atoms with E-state index in [-0.39, 0.29) is 0 Å². The topological polar surface area (TPSA) is 44.1 Å². The van der Waals surface area contributed by atoms with Crippen LogP contribution in [0.15, 0.2) is 36.7 Å². The Morgan fingerprint density at radius 2 is 2.22 bits per heavy atom. The summed E-state index contributed by atoms with van der Waals surface area (Å²) in [6.45, 7) is 1.40. The first-order valence-corrected chi connectivity index (χ1v) is 5.86. The van der Waals surface area contributed by atoms with E-state index in [2.05, 4.69) is 23.3 Å². The molecule has 4 nitrogen and oxygen atoms in total. The highest BCUT2D eigenvalue weighted by Gasteiger charge is 2.00. The van der Waals surface area contributed by atoms with Gasteiger partial charge in [-0.1, -0.05) is 24.3 Å². The predicted molar refractivity (Wildman–Crippen MR) is 68.7 cm³/mol. The summed E-state index contributed by atoms with van der Waals surface area (Å²) in [6.07, 6.45) is 5.03. The van der Waals surface area contributed by atoms with Crippen LogP contribution in [0.3, 0.4) is 0 Å². The number of hydrogen-bond donors (Lipinski definition) is 0. The molecule has 0 bridgehead atoms. The van der Waals surface area contributed by atoms with E-state index >= 15 is 0 Å². The molecule has 0 radical (unpaired) electrons. The van der Waals surface area contributed by atoms with Gasteiger partial charge in [-0.2, -0.15) is 5.10 Å². The quantitative estimate of drug-likeness (QED) is 0.729. The van der Waals surface area contributed by atoms with E-state index in [1.807, 2.05) is 6.07 Å². The van der Waals surface area contributed by atoms with E-state index in [1.165, 1.54) is 11.1 Å². The average Bonchev–Trinajstić information content (AvgIpc) is 2.84. The molecule has 2 rings (SSSR count). The van der Waals surface area contributed by atoms with Gasteiger partial charge >= 0.3 is 0 Å². The molecule has 0 amide bonds. The summed E-state index contributed by atoms with van der Waals surface area (Å²) in [5, 5.41) is 4.13. The molecule has 0 unspecified atom stereocenters. The summed E-state index contributed by atoms with van der Waals surface area (Å²) in [5.74, 6) is 0. The van der Waals surface area contributed by atoms with Crippen LogP contribution in [0.25, 0.3) is 0 Å². The fourth-order valence-corrected chi connectivity index (χ4v) is 1.82. The van der Waals surface area contributed by atoms with Crippen molar-refractivity contribution in [3.05, 3.63) is 53.3 Å². The van der Waals surface area contributed by atoms with Crippen molar-refractivity contribution < 1.29 is 9.53 Å². The van der Waals surface area contributed by atoms with Crippen LogP contribution in [-0.4, -0.2) is 29.8 Å². The number of methoxy groups -OCH3 is 1. The molecule has 0 atom stereocenters. The van der Waals surface area contributed by atoms with Crippen molar-refractivity contribution in [3.8, 4) is 0 Å². The van der Waals surface area contributed by atoms with E-state index < -0.39 is 0 Å². The molecular weight excluding hydrogens is 228 g/mol. The molecule has 0 saturated heterocycles. The van der Waals surface area contributed by atoms with Gasteiger partial charge in [0.1, 0.15) is 0 Å². The maximum Gasteiger partial charge on any atom is 0.153 e. The molecule has 1 aromatic carbocycles. The number of benzene rings is 1. The van der Waals surface area contributed by atoms with Gasteiger partial charge in [-0.3, -0.25) is 9.48 Å². The van der Waals surface area contributed by atoms with E-state index in [0.29, 0.717) is 12.1 Å². The maximum absolute atomic E-state index is 10.6. The number of nitrogens with zero attached hydrogens (tertiary/aromatic N) is 2. The molecule has 4 heteroatoms. The lowest BCUT2D eigenvalue weighted by atomic mass is 10.1. The Morgan fingerprint density at radius 3 is 2.94 bits per heavy atom. The van der Waals surface area contributed by atoms with E-state index in [0.717, 1.165) is 19.3 Å². The number of aromatic nitrogens is 2. The van der Waals surface area contributed by atoms with Crippen molar-refractivity contribution in [1.82, 2.24) is 9.78 Å². The SMILES string of the molecule is COCCc1cccc(Cn2cc(C=O)cn2)c1. The Bertz CT molecular complexity index is 520. The predicted octanol–water partition coefficient (Wildman–Crippen LogP) is 1.93. The zero-order chi connectivity index (χ0) is 12.8. The third kappa shape index (κ3) is 3.28. The average molecular weight is 244 g/mol.